The predicted octanol–water partition coefficient (Wildman–Crippen LogP) is 3.97. The fourth-order valence-electron chi connectivity index (χ4n) is 1.39. The van der Waals surface area contributed by atoms with E-state index in [1.54, 1.807) is 0 Å². The molecule has 0 N–H and O–H groups in total. The second kappa shape index (κ2) is 8.98. The maximum atomic E-state index is 10.6. The maximum Gasteiger partial charge on any atom is 0.302 e. The number of hydrogen-bond acceptors (Lipinski definition) is 4. The molecule has 0 aliphatic heterocycles. The highest BCUT2D eigenvalue weighted by molar-refractivity contribution is 5.66. The van der Waals surface area contributed by atoms with Crippen LogP contribution < -0.4 is 0 Å². The van der Waals surface area contributed by atoms with Crippen molar-refractivity contribution in [2.45, 2.75) is 74.8 Å². The summed E-state index contributed by atoms with van der Waals surface area (Å²) in [5.74, 6) is -0.392. The van der Waals surface area contributed by atoms with Crippen LogP contribution in [0, 0.1) is 10.8 Å². The highest BCUT2D eigenvalue weighted by atomic mass is 16.5. The molecule has 0 aromatic rings. The fourth-order valence-corrected chi connectivity index (χ4v) is 1.39. The monoisotopic (exact) mass is 288 g/mol. The van der Waals surface area contributed by atoms with Crippen molar-refractivity contribution < 1.29 is 19.1 Å². The first-order valence-corrected chi connectivity index (χ1v) is 7.10. The van der Waals surface area contributed by atoms with Crippen molar-refractivity contribution in [2.75, 3.05) is 6.61 Å². The molecular weight excluding hydrogens is 256 g/mol. The van der Waals surface area contributed by atoms with Crippen molar-refractivity contribution >= 4 is 11.9 Å². The van der Waals surface area contributed by atoms with Crippen LogP contribution in [0.4, 0.5) is 0 Å². The molecule has 4 nitrogen and oxygen atoms in total. The highest BCUT2D eigenvalue weighted by Gasteiger charge is 2.25. The fraction of sp³-hybridized carbons (Fsp3) is 0.875. The molecule has 120 valence electrons. The van der Waals surface area contributed by atoms with Crippen LogP contribution in [0.25, 0.3) is 0 Å². The Morgan fingerprint density at radius 1 is 0.950 bits per heavy atom. The van der Waals surface area contributed by atoms with Crippen LogP contribution in [-0.2, 0) is 19.1 Å². The molecule has 0 amide bonds. The van der Waals surface area contributed by atoms with E-state index in [-0.39, 0.29) is 28.9 Å². The predicted molar refractivity (Wildman–Crippen MR) is 81.4 cm³/mol. The molecule has 0 bridgehead atoms. The Morgan fingerprint density at radius 2 is 1.40 bits per heavy atom. The van der Waals surface area contributed by atoms with Crippen LogP contribution in [0.5, 0.6) is 0 Å². The Labute approximate surface area is 124 Å². The van der Waals surface area contributed by atoms with Crippen LogP contribution in [0.3, 0.4) is 0 Å². The third-order valence-electron chi connectivity index (χ3n) is 2.35. The van der Waals surface area contributed by atoms with Gasteiger partial charge in [-0.2, -0.15) is 0 Å². The number of hydrogen-bond donors (Lipinski definition) is 0. The molecule has 1 atom stereocenters. The van der Waals surface area contributed by atoms with Gasteiger partial charge in [0.2, 0.25) is 0 Å². The highest BCUT2D eigenvalue weighted by Crippen LogP contribution is 2.24. The van der Waals surface area contributed by atoms with Crippen molar-refractivity contribution in [1.82, 2.24) is 0 Å². The minimum atomic E-state index is -0.204. The summed E-state index contributed by atoms with van der Waals surface area (Å²) >= 11 is 0. The van der Waals surface area contributed by atoms with Crippen LogP contribution in [-0.4, -0.2) is 24.6 Å². The molecule has 0 heterocycles. The van der Waals surface area contributed by atoms with Crippen molar-refractivity contribution in [3.63, 3.8) is 0 Å². The smallest absolute Gasteiger partial charge is 0.302 e. The molecular formula is C16H32O4. The van der Waals surface area contributed by atoms with Gasteiger partial charge in [-0.05, 0) is 17.3 Å². The third kappa shape index (κ3) is 15.0. The normalized spacial score (nSPS) is 12.8. The second-order valence-corrected chi connectivity index (χ2v) is 7.21. The average molecular weight is 288 g/mol. The van der Waals surface area contributed by atoms with Gasteiger partial charge in [-0.25, -0.2) is 0 Å². The van der Waals surface area contributed by atoms with Gasteiger partial charge in [-0.1, -0.05) is 48.5 Å². The molecule has 0 spiro atoms. The lowest BCUT2D eigenvalue weighted by atomic mass is 9.87. The van der Waals surface area contributed by atoms with Gasteiger partial charge >= 0.3 is 11.9 Å². The Kier molecular flexibility index (Phi) is 9.54. The number of carbonyl (C=O) groups is 2. The first kappa shape index (κ1) is 21.2. The first-order valence-electron chi connectivity index (χ1n) is 7.10. The van der Waals surface area contributed by atoms with Gasteiger partial charge < -0.3 is 9.47 Å². The zero-order chi connectivity index (χ0) is 16.6. The maximum absolute atomic E-state index is 10.6. The van der Waals surface area contributed by atoms with E-state index < -0.39 is 0 Å². The lowest BCUT2D eigenvalue weighted by Crippen LogP contribution is -2.30. The van der Waals surface area contributed by atoms with E-state index >= 15 is 0 Å². The molecule has 4 heteroatoms. The van der Waals surface area contributed by atoms with E-state index in [4.69, 9.17) is 9.47 Å². The quantitative estimate of drug-likeness (QED) is 0.737. The number of ether oxygens (including phenoxy) is 2. The van der Waals surface area contributed by atoms with Gasteiger partial charge in [0.15, 0.2) is 0 Å². The number of carbonyl (C=O) groups excluding carboxylic acids is 2. The summed E-state index contributed by atoms with van der Waals surface area (Å²) in [6.07, 6.45) is 0.920. The van der Waals surface area contributed by atoms with Gasteiger partial charge in [-0.3, -0.25) is 9.59 Å². The van der Waals surface area contributed by atoms with Crippen LogP contribution in [0.15, 0.2) is 0 Å². The van der Waals surface area contributed by atoms with E-state index in [0.717, 1.165) is 6.42 Å². The van der Waals surface area contributed by atoms with Crippen LogP contribution >= 0.6 is 0 Å². The molecule has 0 radical (unpaired) electrons. The molecule has 1 unspecified atom stereocenters. The largest absolute Gasteiger partial charge is 0.465 e. The lowest BCUT2D eigenvalue weighted by molar-refractivity contribution is -0.152. The topological polar surface area (TPSA) is 52.6 Å². The van der Waals surface area contributed by atoms with Gasteiger partial charge in [0, 0.05) is 13.8 Å². The molecule has 0 saturated carbocycles. The van der Waals surface area contributed by atoms with E-state index in [9.17, 15) is 9.59 Å². The van der Waals surface area contributed by atoms with Crippen LogP contribution in [0.2, 0.25) is 0 Å². The van der Waals surface area contributed by atoms with Crippen molar-refractivity contribution in [3.8, 4) is 0 Å². The minimum absolute atomic E-state index is 0.0417. The molecule has 0 saturated heterocycles. The molecule has 0 fully saturated rings. The third-order valence-corrected chi connectivity index (χ3v) is 2.35. The zero-order valence-electron chi connectivity index (χ0n) is 14.6. The molecule has 0 aromatic carbocycles. The molecule has 0 aliphatic rings. The first-order chi connectivity index (χ1) is 8.79. The van der Waals surface area contributed by atoms with E-state index in [1.165, 1.54) is 13.8 Å². The molecule has 0 aliphatic carbocycles. The van der Waals surface area contributed by atoms with Crippen LogP contribution in [0.1, 0.15) is 68.7 Å². The Balaban J connectivity index is 0. The van der Waals surface area contributed by atoms with Crippen molar-refractivity contribution in [2.24, 2.45) is 10.8 Å². The van der Waals surface area contributed by atoms with E-state index in [2.05, 4.69) is 20.8 Å². The van der Waals surface area contributed by atoms with Gasteiger partial charge in [0.1, 0.15) is 6.10 Å². The van der Waals surface area contributed by atoms with E-state index in [0.29, 0.717) is 6.61 Å². The molecule has 0 aromatic heterocycles. The summed E-state index contributed by atoms with van der Waals surface area (Å²) in [7, 11) is 0. The Morgan fingerprint density at radius 3 is 1.50 bits per heavy atom. The van der Waals surface area contributed by atoms with Gasteiger partial charge in [0.05, 0.1) is 6.61 Å². The lowest BCUT2D eigenvalue weighted by Gasteiger charge is -2.28. The zero-order valence-corrected chi connectivity index (χ0v) is 14.6. The summed E-state index contributed by atoms with van der Waals surface area (Å²) in [6, 6.07) is 0. The molecule has 0 rings (SSSR count). The Hall–Kier alpha value is -1.06. The van der Waals surface area contributed by atoms with E-state index in [1.807, 2.05) is 27.7 Å². The number of esters is 2. The summed E-state index contributed by atoms with van der Waals surface area (Å²) in [5.41, 5.74) is 0.145. The average Bonchev–Trinajstić information content (AvgIpc) is 2.21. The number of rotatable bonds is 3. The van der Waals surface area contributed by atoms with Gasteiger partial charge in [0.25, 0.3) is 0 Å². The summed E-state index contributed by atoms with van der Waals surface area (Å²) in [5, 5.41) is 0. The minimum Gasteiger partial charge on any atom is -0.465 e. The summed E-state index contributed by atoms with van der Waals surface area (Å²) in [4.78, 5) is 20.9. The standard InChI is InChI=1S/C9H18O2.C7H14O2/c1-6-8(9(3,4)5)11-7(2)10;1-6(8)9-5-7(2,3)4/h8H,6H2,1-5H3;5H2,1-4H3. The summed E-state index contributed by atoms with van der Waals surface area (Å²) < 4.78 is 9.89. The SMILES string of the molecule is CC(=O)OCC(C)(C)C.CCC(OC(C)=O)C(C)(C)C. The summed E-state index contributed by atoms with van der Waals surface area (Å²) in [6.45, 7) is 17.7. The Bertz CT molecular complexity index is 295. The van der Waals surface area contributed by atoms with Crippen molar-refractivity contribution in [1.29, 1.82) is 0 Å². The van der Waals surface area contributed by atoms with Crippen molar-refractivity contribution in [3.05, 3.63) is 0 Å². The molecule has 20 heavy (non-hydrogen) atoms. The van der Waals surface area contributed by atoms with Gasteiger partial charge in [-0.15, -0.1) is 0 Å². The second-order valence-electron chi connectivity index (χ2n) is 7.21.